The molecule has 100 valence electrons. The number of ether oxygens (including phenoxy) is 1. The Bertz CT molecular complexity index is 609. The summed E-state index contributed by atoms with van der Waals surface area (Å²) >= 11 is 0. The van der Waals surface area contributed by atoms with Crippen LogP contribution < -0.4 is 4.74 Å². The van der Waals surface area contributed by atoms with Crippen molar-refractivity contribution < 1.29 is 31.6 Å². The number of nitrogens with zero attached hydrogens (tertiary/aromatic N) is 2. The molecule has 0 radical (unpaired) electrons. The summed E-state index contributed by atoms with van der Waals surface area (Å²) in [5, 5.41) is 3.09. The SMILES string of the molecule is O=COc1ccc(-c2noc(C(F)(F)F)n2)cc1F. The zero-order valence-electron chi connectivity index (χ0n) is 8.94. The summed E-state index contributed by atoms with van der Waals surface area (Å²) < 4.78 is 58.4. The van der Waals surface area contributed by atoms with E-state index in [4.69, 9.17) is 0 Å². The van der Waals surface area contributed by atoms with Gasteiger partial charge in [-0.15, -0.1) is 0 Å². The molecule has 2 aromatic rings. The smallest absolute Gasteiger partial charge is 0.426 e. The summed E-state index contributed by atoms with van der Waals surface area (Å²) in [6.07, 6.45) is -4.77. The molecule has 2 rings (SSSR count). The van der Waals surface area contributed by atoms with Crippen LogP contribution in [-0.4, -0.2) is 16.6 Å². The van der Waals surface area contributed by atoms with Gasteiger partial charge in [-0.3, -0.25) is 4.79 Å². The van der Waals surface area contributed by atoms with Crippen molar-refractivity contribution in [3.05, 3.63) is 29.9 Å². The Labute approximate surface area is 102 Å². The maximum absolute atomic E-state index is 13.4. The first-order valence-electron chi connectivity index (χ1n) is 4.73. The van der Waals surface area contributed by atoms with Crippen molar-refractivity contribution in [1.82, 2.24) is 10.1 Å². The van der Waals surface area contributed by atoms with Gasteiger partial charge < -0.3 is 9.26 Å². The minimum Gasteiger partial charge on any atom is -0.426 e. The lowest BCUT2D eigenvalue weighted by atomic mass is 10.2. The van der Waals surface area contributed by atoms with Crippen molar-refractivity contribution in [2.45, 2.75) is 6.18 Å². The fourth-order valence-corrected chi connectivity index (χ4v) is 1.24. The normalized spacial score (nSPS) is 11.4. The van der Waals surface area contributed by atoms with E-state index >= 15 is 0 Å². The average molecular weight is 276 g/mol. The number of halogens is 4. The third-order valence-corrected chi connectivity index (χ3v) is 2.03. The van der Waals surface area contributed by atoms with Crippen molar-refractivity contribution in [1.29, 1.82) is 0 Å². The molecule has 0 bridgehead atoms. The van der Waals surface area contributed by atoms with Crippen LogP contribution in [0.3, 0.4) is 0 Å². The lowest BCUT2D eigenvalue weighted by Crippen LogP contribution is -2.04. The summed E-state index contributed by atoms with van der Waals surface area (Å²) in [7, 11) is 0. The van der Waals surface area contributed by atoms with Crippen molar-refractivity contribution in [3.63, 3.8) is 0 Å². The number of benzene rings is 1. The Hall–Kier alpha value is -2.45. The van der Waals surface area contributed by atoms with Crippen molar-refractivity contribution in [3.8, 4) is 17.1 Å². The van der Waals surface area contributed by atoms with E-state index in [1.165, 1.54) is 6.07 Å². The molecule has 5 nitrogen and oxygen atoms in total. The standard InChI is InChI=1S/C10H4F4N2O3/c11-6-3-5(1-2-7(6)18-4-17)8-15-9(19-16-8)10(12,13)14/h1-4H. The van der Waals surface area contributed by atoms with Crippen LogP contribution in [0.2, 0.25) is 0 Å². The van der Waals surface area contributed by atoms with Crippen molar-refractivity contribution >= 4 is 6.47 Å². The number of rotatable bonds is 3. The second-order valence-electron chi connectivity index (χ2n) is 3.28. The third-order valence-electron chi connectivity index (χ3n) is 2.03. The minimum atomic E-state index is -4.77. The number of alkyl halides is 3. The Kier molecular flexibility index (Phi) is 3.19. The molecule has 1 heterocycles. The summed E-state index contributed by atoms with van der Waals surface area (Å²) in [6, 6.07) is 3.07. The van der Waals surface area contributed by atoms with Gasteiger partial charge in [-0.2, -0.15) is 18.2 Å². The van der Waals surface area contributed by atoms with E-state index < -0.39 is 23.7 Å². The second kappa shape index (κ2) is 4.67. The molecule has 0 aliphatic rings. The number of hydrogen-bond donors (Lipinski definition) is 0. The maximum Gasteiger partial charge on any atom is 0.471 e. The highest BCUT2D eigenvalue weighted by atomic mass is 19.4. The fourth-order valence-electron chi connectivity index (χ4n) is 1.24. The Morgan fingerprint density at radius 1 is 1.32 bits per heavy atom. The highest BCUT2D eigenvalue weighted by Gasteiger charge is 2.38. The highest BCUT2D eigenvalue weighted by Crippen LogP contribution is 2.30. The first kappa shape index (κ1) is 13.0. The molecule has 0 fully saturated rings. The predicted octanol–water partition coefficient (Wildman–Crippen LogP) is 2.43. The van der Waals surface area contributed by atoms with Gasteiger partial charge in [-0.05, 0) is 18.2 Å². The minimum absolute atomic E-state index is 0.0220. The van der Waals surface area contributed by atoms with Crippen LogP contribution in [0.25, 0.3) is 11.4 Å². The average Bonchev–Trinajstić information content (AvgIpc) is 2.81. The number of hydrogen-bond acceptors (Lipinski definition) is 5. The first-order valence-corrected chi connectivity index (χ1v) is 4.73. The number of carbonyl (C=O) groups excluding carboxylic acids is 1. The Morgan fingerprint density at radius 2 is 2.05 bits per heavy atom. The van der Waals surface area contributed by atoms with Gasteiger partial charge in [-0.25, -0.2) is 4.39 Å². The number of carbonyl (C=O) groups is 1. The van der Waals surface area contributed by atoms with Gasteiger partial charge in [0.25, 0.3) is 6.47 Å². The molecular weight excluding hydrogens is 272 g/mol. The predicted molar refractivity (Wildman–Crippen MR) is 51.4 cm³/mol. The van der Waals surface area contributed by atoms with E-state index in [0.29, 0.717) is 0 Å². The molecule has 0 aliphatic carbocycles. The third kappa shape index (κ3) is 2.69. The van der Waals surface area contributed by atoms with E-state index in [1.807, 2.05) is 0 Å². The van der Waals surface area contributed by atoms with E-state index in [0.717, 1.165) is 12.1 Å². The lowest BCUT2D eigenvalue weighted by Gasteiger charge is -2.00. The summed E-state index contributed by atoms with van der Waals surface area (Å²) in [4.78, 5) is 13.1. The molecule has 0 amide bonds. The largest absolute Gasteiger partial charge is 0.471 e. The summed E-state index contributed by atoms with van der Waals surface area (Å²) in [6.45, 7) is 0.0220. The van der Waals surface area contributed by atoms with Crippen LogP contribution in [0.4, 0.5) is 17.6 Å². The zero-order chi connectivity index (χ0) is 14.0. The van der Waals surface area contributed by atoms with Crippen LogP contribution in [0, 0.1) is 5.82 Å². The van der Waals surface area contributed by atoms with Crippen LogP contribution in [0.5, 0.6) is 5.75 Å². The van der Waals surface area contributed by atoms with Crippen LogP contribution in [-0.2, 0) is 11.0 Å². The van der Waals surface area contributed by atoms with E-state index in [9.17, 15) is 22.4 Å². The van der Waals surface area contributed by atoms with Crippen LogP contribution in [0.15, 0.2) is 22.7 Å². The van der Waals surface area contributed by atoms with Gasteiger partial charge in [0.2, 0.25) is 5.82 Å². The Morgan fingerprint density at radius 3 is 2.58 bits per heavy atom. The quantitative estimate of drug-likeness (QED) is 0.636. The molecule has 0 saturated heterocycles. The number of aromatic nitrogens is 2. The van der Waals surface area contributed by atoms with Crippen molar-refractivity contribution in [2.24, 2.45) is 0 Å². The molecule has 0 aliphatic heterocycles. The zero-order valence-corrected chi connectivity index (χ0v) is 8.94. The highest BCUT2D eigenvalue weighted by molar-refractivity contribution is 5.57. The molecule has 19 heavy (non-hydrogen) atoms. The molecule has 9 heteroatoms. The van der Waals surface area contributed by atoms with Gasteiger partial charge in [0.15, 0.2) is 11.6 Å². The van der Waals surface area contributed by atoms with Gasteiger partial charge in [0, 0.05) is 5.56 Å². The fraction of sp³-hybridized carbons (Fsp3) is 0.100. The molecule has 0 unspecified atom stereocenters. The molecule has 0 spiro atoms. The van der Waals surface area contributed by atoms with E-state index in [2.05, 4.69) is 19.4 Å². The molecule has 1 aromatic heterocycles. The monoisotopic (exact) mass is 276 g/mol. The van der Waals surface area contributed by atoms with E-state index in [-0.39, 0.29) is 17.8 Å². The second-order valence-corrected chi connectivity index (χ2v) is 3.28. The lowest BCUT2D eigenvalue weighted by molar-refractivity contribution is -0.159. The molecule has 0 atom stereocenters. The van der Waals surface area contributed by atoms with Crippen LogP contribution in [0.1, 0.15) is 5.89 Å². The Balaban J connectivity index is 2.35. The molecule has 0 N–H and O–H groups in total. The summed E-state index contributed by atoms with van der Waals surface area (Å²) in [5.41, 5.74) is -0.0463. The van der Waals surface area contributed by atoms with Gasteiger partial charge >= 0.3 is 12.1 Å². The topological polar surface area (TPSA) is 65.2 Å². The molecule has 1 aromatic carbocycles. The first-order chi connectivity index (χ1) is 8.91. The molecule has 0 saturated carbocycles. The molecular formula is C10H4F4N2O3. The van der Waals surface area contributed by atoms with Gasteiger partial charge in [0.05, 0.1) is 0 Å². The van der Waals surface area contributed by atoms with Crippen molar-refractivity contribution in [2.75, 3.05) is 0 Å². The maximum atomic E-state index is 13.4. The van der Waals surface area contributed by atoms with Crippen LogP contribution >= 0.6 is 0 Å². The van der Waals surface area contributed by atoms with Gasteiger partial charge in [0.1, 0.15) is 0 Å². The summed E-state index contributed by atoms with van der Waals surface area (Å²) in [5.74, 6) is -3.26. The van der Waals surface area contributed by atoms with Gasteiger partial charge in [-0.1, -0.05) is 5.16 Å². The van der Waals surface area contributed by atoms with E-state index in [1.54, 1.807) is 0 Å².